The Labute approximate surface area is 140 Å². The number of nitrogens with one attached hydrogen (secondary N) is 1. The van der Waals surface area contributed by atoms with Gasteiger partial charge in [0, 0.05) is 47.6 Å². The number of sulfonamides is 1. The van der Waals surface area contributed by atoms with Crippen LogP contribution in [0.3, 0.4) is 0 Å². The van der Waals surface area contributed by atoms with Gasteiger partial charge in [-0.2, -0.15) is 10.2 Å². The summed E-state index contributed by atoms with van der Waals surface area (Å²) in [7, 11) is -3.24. The van der Waals surface area contributed by atoms with Crippen molar-refractivity contribution in [3.8, 4) is 0 Å². The maximum atomic E-state index is 12.4. The van der Waals surface area contributed by atoms with Gasteiger partial charge in [0.25, 0.3) is 0 Å². The highest BCUT2D eigenvalue weighted by molar-refractivity contribution is 7.89. The van der Waals surface area contributed by atoms with E-state index < -0.39 is 15.3 Å². The van der Waals surface area contributed by atoms with Gasteiger partial charge in [-0.05, 0) is 26.3 Å². The lowest BCUT2D eigenvalue weighted by molar-refractivity contribution is 0.465. The van der Waals surface area contributed by atoms with E-state index in [1.54, 1.807) is 30.5 Å². The second-order valence-corrected chi connectivity index (χ2v) is 8.98. The molecule has 0 radical (unpaired) electrons. The van der Waals surface area contributed by atoms with Crippen molar-refractivity contribution in [2.75, 3.05) is 13.1 Å². The first-order valence-corrected chi connectivity index (χ1v) is 9.55. The number of aromatic nitrogens is 4. The average Bonchev–Trinajstić information content (AvgIpc) is 3.23. The molecular formula is C16H19N5O2S. The molecule has 0 aliphatic carbocycles. The predicted octanol–water partition coefficient (Wildman–Crippen LogP) is 2.03. The fourth-order valence-corrected chi connectivity index (χ4v) is 4.72. The van der Waals surface area contributed by atoms with Gasteiger partial charge in [0.15, 0.2) is 0 Å². The normalized spacial score (nSPS) is 19.7. The summed E-state index contributed by atoms with van der Waals surface area (Å²) in [4.78, 5) is 7.50. The topological polar surface area (TPSA) is 91.8 Å². The zero-order chi connectivity index (χ0) is 16.9. The van der Waals surface area contributed by atoms with Crippen LogP contribution < -0.4 is 0 Å². The number of rotatable bonds is 3. The molecule has 1 saturated heterocycles. The third kappa shape index (κ3) is 2.29. The van der Waals surface area contributed by atoms with E-state index in [0.29, 0.717) is 13.1 Å². The molecule has 8 heteroatoms. The minimum atomic E-state index is -3.24. The van der Waals surface area contributed by atoms with Crippen LogP contribution in [0.4, 0.5) is 0 Å². The van der Waals surface area contributed by atoms with Crippen LogP contribution in [-0.2, 0) is 10.0 Å². The summed E-state index contributed by atoms with van der Waals surface area (Å²) in [5.74, 6) is 0.0511. The van der Waals surface area contributed by atoms with Gasteiger partial charge in [-0.15, -0.1) is 0 Å². The lowest BCUT2D eigenvalue weighted by Gasteiger charge is -2.19. The Bertz CT molecular complexity index is 1010. The van der Waals surface area contributed by atoms with Gasteiger partial charge in [-0.1, -0.05) is 0 Å². The monoisotopic (exact) mass is 345 g/mol. The second kappa shape index (κ2) is 5.49. The van der Waals surface area contributed by atoms with Crippen molar-refractivity contribution < 1.29 is 8.42 Å². The predicted molar refractivity (Wildman–Crippen MR) is 92.2 cm³/mol. The zero-order valence-corrected chi connectivity index (χ0v) is 14.4. The molecule has 1 N–H and O–H groups in total. The molecule has 3 aromatic heterocycles. The molecule has 1 aliphatic rings. The molecule has 0 bridgehead atoms. The molecule has 126 valence electrons. The van der Waals surface area contributed by atoms with E-state index in [0.717, 1.165) is 33.9 Å². The van der Waals surface area contributed by atoms with Crippen molar-refractivity contribution in [3.63, 3.8) is 0 Å². The van der Waals surface area contributed by atoms with Crippen molar-refractivity contribution in [2.45, 2.75) is 31.4 Å². The van der Waals surface area contributed by atoms with Gasteiger partial charge in [0.05, 0.1) is 17.1 Å². The number of fused-ring (bicyclic) bond motifs is 3. The standard InChI is InChI=1S/C16H19N5O2S/c1-10(2)24(22,23)21-6-4-11(9-21)15-14-12(8-19-20-15)7-18-16-13(14)3-5-17-16/h3,5,7-8,10-11H,4,6,9H2,1-2H3,(H,17,18). The molecule has 0 spiro atoms. The first kappa shape index (κ1) is 15.5. The van der Waals surface area contributed by atoms with Crippen LogP contribution in [0.15, 0.2) is 24.7 Å². The van der Waals surface area contributed by atoms with E-state index in [4.69, 9.17) is 0 Å². The fraction of sp³-hybridized carbons (Fsp3) is 0.438. The first-order chi connectivity index (χ1) is 11.5. The molecule has 24 heavy (non-hydrogen) atoms. The molecule has 1 atom stereocenters. The van der Waals surface area contributed by atoms with Crippen molar-refractivity contribution in [3.05, 3.63) is 30.4 Å². The highest BCUT2D eigenvalue weighted by Gasteiger charge is 2.35. The van der Waals surface area contributed by atoms with Gasteiger partial charge >= 0.3 is 0 Å². The molecule has 3 aromatic rings. The van der Waals surface area contributed by atoms with Crippen molar-refractivity contribution in [2.24, 2.45) is 0 Å². The summed E-state index contributed by atoms with van der Waals surface area (Å²) in [6.45, 7) is 4.43. The Kier molecular flexibility index (Phi) is 3.54. The van der Waals surface area contributed by atoms with Gasteiger partial charge < -0.3 is 4.98 Å². The minimum absolute atomic E-state index is 0.0511. The quantitative estimate of drug-likeness (QED) is 0.784. The van der Waals surface area contributed by atoms with Crippen LogP contribution in [0, 0.1) is 0 Å². The molecule has 1 aliphatic heterocycles. The molecule has 0 saturated carbocycles. The molecule has 7 nitrogen and oxygen atoms in total. The van der Waals surface area contributed by atoms with Crippen LogP contribution in [0.2, 0.25) is 0 Å². The first-order valence-electron chi connectivity index (χ1n) is 8.05. The molecule has 4 rings (SSSR count). The molecular weight excluding hydrogens is 326 g/mol. The number of H-pyrrole nitrogens is 1. The van der Waals surface area contributed by atoms with E-state index in [-0.39, 0.29) is 5.92 Å². The molecule has 0 aromatic carbocycles. The Balaban J connectivity index is 1.79. The summed E-state index contributed by atoms with van der Waals surface area (Å²) >= 11 is 0. The highest BCUT2D eigenvalue weighted by Crippen LogP contribution is 2.34. The van der Waals surface area contributed by atoms with E-state index in [1.165, 1.54) is 0 Å². The van der Waals surface area contributed by atoms with E-state index in [2.05, 4.69) is 20.2 Å². The molecule has 1 fully saturated rings. The maximum Gasteiger partial charge on any atom is 0.216 e. The summed E-state index contributed by atoms with van der Waals surface area (Å²) in [6, 6.07) is 1.98. The van der Waals surface area contributed by atoms with E-state index >= 15 is 0 Å². The van der Waals surface area contributed by atoms with Gasteiger partial charge in [0.1, 0.15) is 5.65 Å². The lowest BCUT2D eigenvalue weighted by Crippen LogP contribution is -2.34. The SMILES string of the molecule is CC(C)S(=O)(=O)N1CCC(c2nncc3cnc4[nH]ccc4c23)C1. The maximum absolute atomic E-state index is 12.4. The smallest absolute Gasteiger partial charge is 0.216 e. The van der Waals surface area contributed by atoms with E-state index in [9.17, 15) is 8.42 Å². The number of nitrogens with zero attached hydrogens (tertiary/aromatic N) is 4. The summed E-state index contributed by atoms with van der Waals surface area (Å²) in [5, 5.41) is 11.0. The number of hydrogen-bond donors (Lipinski definition) is 1. The molecule has 0 amide bonds. The fourth-order valence-electron chi connectivity index (χ4n) is 3.38. The second-order valence-electron chi connectivity index (χ2n) is 6.50. The van der Waals surface area contributed by atoms with Gasteiger partial charge in [-0.3, -0.25) is 0 Å². The van der Waals surface area contributed by atoms with Crippen molar-refractivity contribution >= 4 is 31.8 Å². The zero-order valence-electron chi connectivity index (χ0n) is 13.6. The number of aromatic amines is 1. The minimum Gasteiger partial charge on any atom is -0.346 e. The van der Waals surface area contributed by atoms with Crippen LogP contribution in [0.25, 0.3) is 21.8 Å². The van der Waals surface area contributed by atoms with Crippen LogP contribution >= 0.6 is 0 Å². The number of pyridine rings is 1. The average molecular weight is 345 g/mol. The molecule has 4 heterocycles. The summed E-state index contributed by atoms with van der Waals surface area (Å²) in [6.07, 6.45) is 6.10. The Morgan fingerprint density at radius 2 is 2.17 bits per heavy atom. The summed E-state index contributed by atoms with van der Waals surface area (Å²) < 4.78 is 26.4. The third-order valence-electron chi connectivity index (χ3n) is 4.73. The molecule has 1 unspecified atom stereocenters. The Morgan fingerprint density at radius 1 is 1.33 bits per heavy atom. The highest BCUT2D eigenvalue weighted by atomic mass is 32.2. The van der Waals surface area contributed by atoms with Crippen LogP contribution in [0.1, 0.15) is 31.9 Å². The van der Waals surface area contributed by atoms with Gasteiger partial charge in [-0.25, -0.2) is 17.7 Å². The largest absolute Gasteiger partial charge is 0.346 e. The third-order valence-corrected chi connectivity index (χ3v) is 6.97. The number of hydrogen-bond acceptors (Lipinski definition) is 5. The van der Waals surface area contributed by atoms with Crippen molar-refractivity contribution in [1.82, 2.24) is 24.5 Å². The lowest BCUT2D eigenvalue weighted by atomic mass is 9.98. The van der Waals surface area contributed by atoms with Crippen molar-refractivity contribution in [1.29, 1.82) is 0 Å². The van der Waals surface area contributed by atoms with Crippen LogP contribution in [0.5, 0.6) is 0 Å². The Hall–Kier alpha value is -2.06. The summed E-state index contributed by atoms with van der Waals surface area (Å²) in [5.41, 5.74) is 1.67. The Morgan fingerprint density at radius 3 is 2.96 bits per heavy atom. The van der Waals surface area contributed by atoms with E-state index in [1.807, 2.05) is 12.3 Å². The van der Waals surface area contributed by atoms with Crippen LogP contribution in [-0.4, -0.2) is 51.2 Å². The van der Waals surface area contributed by atoms with Gasteiger partial charge in [0.2, 0.25) is 10.0 Å².